The van der Waals surface area contributed by atoms with Gasteiger partial charge in [-0.2, -0.15) is 0 Å². The average Bonchev–Trinajstić information content (AvgIpc) is 3.52. The van der Waals surface area contributed by atoms with Crippen LogP contribution in [0.2, 0.25) is 0 Å². The van der Waals surface area contributed by atoms with Gasteiger partial charge in [0.25, 0.3) is 0 Å². The number of hydrogen-bond acceptors (Lipinski definition) is 0. The monoisotopic (exact) mass is 750 g/mol. The molecule has 0 saturated carbocycles. The molecule has 10 aromatic carbocycles. The van der Waals surface area contributed by atoms with Gasteiger partial charge in [-0.1, -0.05) is 208 Å². The molecule has 0 nitrogen and oxygen atoms in total. The van der Waals surface area contributed by atoms with E-state index in [0.717, 1.165) is 0 Å². The predicted octanol–water partition coefficient (Wildman–Crippen LogP) is 16.0. The van der Waals surface area contributed by atoms with Crippen LogP contribution in [0, 0.1) is 0 Å². The van der Waals surface area contributed by atoms with Crippen molar-refractivity contribution in [2.24, 2.45) is 0 Å². The minimum absolute atomic E-state index is 0.0552. The summed E-state index contributed by atoms with van der Waals surface area (Å²) >= 11 is 0. The summed E-state index contributed by atoms with van der Waals surface area (Å²) in [6.45, 7) is 4.72. The molecule has 59 heavy (non-hydrogen) atoms. The van der Waals surface area contributed by atoms with Gasteiger partial charge in [-0.05, 0) is 134 Å². The molecule has 10 aromatic rings. The Morgan fingerprint density at radius 1 is 0.356 bits per heavy atom. The predicted molar refractivity (Wildman–Crippen MR) is 253 cm³/mol. The first-order valence-electron chi connectivity index (χ1n) is 20.7. The van der Waals surface area contributed by atoms with Crippen LogP contribution in [-0.4, -0.2) is 0 Å². The van der Waals surface area contributed by atoms with Crippen LogP contribution in [0.4, 0.5) is 0 Å². The first-order chi connectivity index (χ1) is 29.0. The van der Waals surface area contributed by atoms with Gasteiger partial charge in [-0.15, -0.1) is 0 Å². The van der Waals surface area contributed by atoms with Gasteiger partial charge in [0.2, 0.25) is 0 Å². The quantitative estimate of drug-likeness (QED) is 0.117. The largest absolute Gasteiger partial charge is 0.0622 e. The molecule has 0 unspecified atom stereocenters. The van der Waals surface area contributed by atoms with Crippen LogP contribution in [0.3, 0.4) is 0 Å². The standard InChI is InChI=1S/C59H42/c1-59(2)55-30-14-13-26-48(55)53-38-45(32-34-56(53)59)58-50-28-12-11-27-49(50)57(51-33-31-43(37-54(51)58)47-29-16-23-40-22-9-10-25-46(40)47)44-24-15-17-39(35-44)36-52(41-18-5-3-6-19-41)42-20-7-4-8-21-42/h3-38H,1-2H3. The van der Waals surface area contributed by atoms with E-state index in [-0.39, 0.29) is 5.41 Å². The minimum Gasteiger partial charge on any atom is -0.0622 e. The van der Waals surface area contributed by atoms with E-state index in [4.69, 9.17) is 0 Å². The summed E-state index contributed by atoms with van der Waals surface area (Å²) < 4.78 is 0. The van der Waals surface area contributed by atoms with Gasteiger partial charge in [0.05, 0.1) is 0 Å². The van der Waals surface area contributed by atoms with Crippen molar-refractivity contribution in [2.45, 2.75) is 19.3 Å². The third-order valence-corrected chi connectivity index (χ3v) is 12.7. The van der Waals surface area contributed by atoms with Crippen LogP contribution in [0.15, 0.2) is 212 Å². The molecular formula is C59H42. The van der Waals surface area contributed by atoms with Crippen LogP contribution >= 0.6 is 0 Å². The molecule has 0 aromatic heterocycles. The zero-order chi connectivity index (χ0) is 39.5. The molecule has 0 aliphatic heterocycles. The summed E-state index contributed by atoms with van der Waals surface area (Å²) in [6, 6.07) is 78.4. The third kappa shape index (κ3) is 5.83. The van der Waals surface area contributed by atoms with E-state index in [9.17, 15) is 0 Å². The van der Waals surface area contributed by atoms with Gasteiger partial charge in [0.1, 0.15) is 0 Å². The van der Waals surface area contributed by atoms with E-state index in [1.165, 1.54) is 110 Å². The highest BCUT2D eigenvalue weighted by Crippen LogP contribution is 2.51. The summed E-state index contributed by atoms with van der Waals surface area (Å²) in [5, 5.41) is 7.52. The van der Waals surface area contributed by atoms with E-state index >= 15 is 0 Å². The van der Waals surface area contributed by atoms with Crippen molar-refractivity contribution in [1.82, 2.24) is 0 Å². The number of hydrogen-bond donors (Lipinski definition) is 0. The molecule has 0 N–H and O–H groups in total. The maximum absolute atomic E-state index is 2.47. The lowest BCUT2D eigenvalue weighted by atomic mass is 9.81. The molecule has 0 bridgehead atoms. The SMILES string of the molecule is CC1(C)c2ccccc2-c2cc(-c3c4ccccc4c(-c4cccc(C=C(c5ccccc5)c5ccccc5)c4)c4ccc(-c5cccc6ccccc56)cc34)ccc21. The van der Waals surface area contributed by atoms with Crippen LogP contribution in [-0.2, 0) is 5.41 Å². The van der Waals surface area contributed by atoms with Gasteiger partial charge in [-0.25, -0.2) is 0 Å². The molecule has 0 spiro atoms. The average molecular weight is 751 g/mol. The van der Waals surface area contributed by atoms with Gasteiger partial charge in [0, 0.05) is 5.41 Å². The summed E-state index contributed by atoms with van der Waals surface area (Å²) in [6.07, 6.45) is 2.34. The Kier molecular flexibility index (Phi) is 8.27. The van der Waals surface area contributed by atoms with Gasteiger partial charge in [-0.3, -0.25) is 0 Å². The fourth-order valence-corrected chi connectivity index (χ4v) is 9.84. The van der Waals surface area contributed by atoms with E-state index in [1.807, 2.05) is 0 Å². The summed E-state index contributed by atoms with van der Waals surface area (Å²) in [5.41, 5.74) is 17.6. The van der Waals surface area contributed by atoms with Crippen LogP contribution in [0.5, 0.6) is 0 Å². The molecule has 0 heterocycles. The second-order valence-corrected chi connectivity index (χ2v) is 16.4. The van der Waals surface area contributed by atoms with E-state index in [0.29, 0.717) is 0 Å². The molecule has 0 heteroatoms. The second-order valence-electron chi connectivity index (χ2n) is 16.4. The Morgan fingerprint density at radius 2 is 0.898 bits per heavy atom. The molecule has 11 rings (SSSR count). The third-order valence-electron chi connectivity index (χ3n) is 12.7. The molecule has 0 amide bonds. The van der Waals surface area contributed by atoms with Crippen molar-refractivity contribution in [3.05, 3.63) is 240 Å². The highest BCUT2D eigenvalue weighted by Gasteiger charge is 2.35. The maximum atomic E-state index is 2.47. The first kappa shape index (κ1) is 34.9. The number of rotatable bonds is 6. The van der Waals surface area contributed by atoms with Crippen molar-refractivity contribution in [3.63, 3.8) is 0 Å². The Hall–Kier alpha value is -7.28. The molecule has 0 saturated heterocycles. The maximum Gasteiger partial charge on any atom is 0.0158 e. The van der Waals surface area contributed by atoms with Gasteiger partial charge >= 0.3 is 0 Å². The zero-order valence-electron chi connectivity index (χ0n) is 33.3. The molecule has 0 atom stereocenters. The van der Waals surface area contributed by atoms with Crippen LogP contribution < -0.4 is 0 Å². The lowest BCUT2D eigenvalue weighted by molar-refractivity contribution is 0.660. The molecule has 1 aliphatic rings. The zero-order valence-corrected chi connectivity index (χ0v) is 33.3. The van der Waals surface area contributed by atoms with Crippen LogP contribution in [0.1, 0.15) is 41.7 Å². The fraction of sp³-hybridized carbons (Fsp3) is 0.0508. The van der Waals surface area contributed by atoms with E-state index in [2.05, 4.69) is 232 Å². The Balaban J connectivity index is 1.18. The molecule has 0 fully saturated rings. The number of fused-ring (bicyclic) bond motifs is 6. The van der Waals surface area contributed by atoms with Crippen LogP contribution in [0.25, 0.3) is 88.5 Å². The van der Waals surface area contributed by atoms with Crippen molar-refractivity contribution in [2.75, 3.05) is 0 Å². The first-order valence-corrected chi connectivity index (χ1v) is 20.7. The van der Waals surface area contributed by atoms with Gasteiger partial charge in [0.15, 0.2) is 0 Å². The molecular weight excluding hydrogens is 709 g/mol. The Bertz CT molecular complexity index is 3230. The summed E-state index contributed by atoms with van der Waals surface area (Å²) in [5.74, 6) is 0. The van der Waals surface area contributed by atoms with Gasteiger partial charge < -0.3 is 0 Å². The Morgan fingerprint density at radius 3 is 1.66 bits per heavy atom. The van der Waals surface area contributed by atoms with E-state index in [1.54, 1.807) is 0 Å². The normalized spacial score (nSPS) is 12.7. The Labute approximate surface area is 346 Å². The molecule has 278 valence electrons. The fourth-order valence-electron chi connectivity index (χ4n) is 9.84. The van der Waals surface area contributed by atoms with Crippen molar-refractivity contribution in [1.29, 1.82) is 0 Å². The highest BCUT2D eigenvalue weighted by molar-refractivity contribution is 6.22. The lowest BCUT2D eigenvalue weighted by Crippen LogP contribution is -2.14. The molecule has 1 aliphatic carbocycles. The highest BCUT2D eigenvalue weighted by atomic mass is 14.4. The minimum atomic E-state index is -0.0552. The molecule has 0 radical (unpaired) electrons. The smallest absolute Gasteiger partial charge is 0.0158 e. The van der Waals surface area contributed by atoms with Crippen molar-refractivity contribution < 1.29 is 0 Å². The summed E-state index contributed by atoms with van der Waals surface area (Å²) in [4.78, 5) is 0. The topological polar surface area (TPSA) is 0 Å². The van der Waals surface area contributed by atoms with Crippen molar-refractivity contribution in [3.8, 4) is 44.5 Å². The van der Waals surface area contributed by atoms with Crippen molar-refractivity contribution >= 4 is 44.0 Å². The second kappa shape index (κ2) is 14.0. The number of benzene rings is 10. The van der Waals surface area contributed by atoms with E-state index < -0.39 is 0 Å². The summed E-state index contributed by atoms with van der Waals surface area (Å²) in [7, 11) is 0. The lowest BCUT2D eigenvalue weighted by Gasteiger charge is -2.22.